The van der Waals surface area contributed by atoms with Gasteiger partial charge >= 0.3 is 5.97 Å². The van der Waals surface area contributed by atoms with Gasteiger partial charge in [0.25, 0.3) is 10.0 Å². The maximum absolute atomic E-state index is 12.4. The first-order chi connectivity index (χ1) is 9.70. The van der Waals surface area contributed by atoms with E-state index < -0.39 is 16.0 Å². The molecule has 0 aliphatic heterocycles. The van der Waals surface area contributed by atoms with Gasteiger partial charge in [-0.05, 0) is 37.8 Å². The van der Waals surface area contributed by atoms with Crippen LogP contribution in [0.15, 0.2) is 16.3 Å². The fourth-order valence-electron chi connectivity index (χ4n) is 1.86. The molecule has 7 nitrogen and oxygen atoms in total. The Morgan fingerprint density at radius 2 is 1.81 bits per heavy atom. The highest BCUT2D eigenvalue weighted by atomic mass is 32.2. The number of aromatic carboxylic acids is 1. The van der Waals surface area contributed by atoms with E-state index in [4.69, 9.17) is 5.11 Å². The molecule has 0 saturated carbocycles. The van der Waals surface area contributed by atoms with Gasteiger partial charge in [-0.25, -0.2) is 27.9 Å². The SMILES string of the molecule is Cc1cc(C)nc(NS(=O)(=O)c2c(C)csc2C(=O)O)n1. The number of carbonyl (C=O) groups is 1. The van der Waals surface area contributed by atoms with E-state index in [1.165, 1.54) is 5.38 Å². The molecule has 2 rings (SSSR count). The number of sulfonamides is 1. The molecule has 21 heavy (non-hydrogen) atoms. The second-order valence-corrected chi connectivity index (χ2v) is 6.96. The van der Waals surface area contributed by atoms with Crippen LogP contribution in [0.5, 0.6) is 0 Å². The van der Waals surface area contributed by atoms with Crippen molar-refractivity contribution in [3.8, 4) is 0 Å². The molecule has 0 saturated heterocycles. The second-order valence-electron chi connectivity index (χ2n) is 4.46. The molecule has 0 atom stereocenters. The van der Waals surface area contributed by atoms with Crippen LogP contribution in [0.2, 0.25) is 0 Å². The molecule has 0 radical (unpaired) electrons. The molecule has 0 fully saturated rings. The number of aromatic nitrogens is 2. The van der Waals surface area contributed by atoms with Gasteiger partial charge in [-0.2, -0.15) is 0 Å². The lowest BCUT2D eigenvalue weighted by molar-refractivity contribution is 0.0698. The number of nitrogens with zero attached hydrogens (tertiary/aromatic N) is 2. The highest BCUT2D eigenvalue weighted by Gasteiger charge is 2.27. The van der Waals surface area contributed by atoms with Crippen LogP contribution in [0.3, 0.4) is 0 Å². The lowest BCUT2D eigenvalue weighted by atomic mass is 10.3. The van der Waals surface area contributed by atoms with E-state index in [0.717, 1.165) is 11.3 Å². The quantitative estimate of drug-likeness (QED) is 0.888. The van der Waals surface area contributed by atoms with Crippen molar-refractivity contribution in [2.24, 2.45) is 0 Å². The molecule has 0 aromatic carbocycles. The number of hydrogen-bond acceptors (Lipinski definition) is 6. The molecule has 9 heteroatoms. The van der Waals surface area contributed by atoms with E-state index in [-0.39, 0.29) is 15.7 Å². The van der Waals surface area contributed by atoms with Gasteiger partial charge in [0.1, 0.15) is 9.77 Å². The van der Waals surface area contributed by atoms with Crippen molar-refractivity contribution in [2.75, 3.05) is 4.72 Å². The zero-order valence-electron chi connectivity index (χ0n) is 11.5. The minimum Gasteiger partial charge on any atom is -0.477 e. The first-order valence-electron chi connectivity index (χ1n) is 5.87. The van der Waals surface area contributed by atoms with Gasteiger partial charge in [0.05, 0.1) is 0 Å². The summed E-state index contributed by atoms with van der Waals surface area (Å²) in [7, 11) is -4.06. The zero-order chi connectivity index (χ0) is 15.8. The number of carboxylic acids is 1. The van der Waals surface area contributed by atoms with Crippen molar-refractivity contribution in [3.05, 3.63) is 33.3 Å². The van der Waals surface area contributed by atoms with E-state index >= 15 is 0 Å². The highest BCUT2D eigenvalue weighted by molar-refractivity contribution is 7.93. The Balaban J connectivity index is 2.48. The number of carboxylic acid groups (broad SMARTS) is 1. The predicted octanol–water partition coefficient (Wildman–Crippen LogP) is 1.96. The molecule has 2 aromatic rings. The number of thiophene rings is 1. The fourth-order valence-corrected chi connectivity index (χ4v) is 4.44. The smallest absolute Gasteiger partial charge is 0.347 e. The molecule has 112 valence electrons. The highest BCUT2D eigenvalue weighted by Crippen LogP contribution is 2.28. The van der Waals surface area contributed by atoms with Crippen LogP contribution in [0.1, 0.15) is 26.6 Å². The van der Waals surface area contributed by atoms with E-state index in [9.17, 15) is 13.2 Å². The van der Waals surface area contributed by atoms with Crippen molar-refractivity contribution in [3.63, 3.8) is 0 Å². The van der Waals surface area contributed by atoms with Crippen molar-refractivity contribution < 1.29 is 18.3 Å². The van der Waals surface area contributed by atoms with Crippen LogP contribution in [0.4, 0.5) is 5.95 Å². The molecule has 2 aromatic heterocycles. The van der Waals surface area contributed by atoms with Gasteiger partial charge in [0.15, 0.2) is 0 Å². The first kappa shape index (κ1) is 15.4. The van der Waals surface area contributed by atoms with E-state index in [1.807, 2.05) is 0 Å². The van der Waals surface area contributed by atoms with Gasteiger partial charge in [-0.15, -0.1) is 11.3 Å². The summed E-state index contributed by atoms with van der Waals surface area (Å²) in [5.74, 6) is -1.36. The first-order valence-corrected chi connectivity index (χ1v) is 8.23. The monoisotopic (exact) mass is 327 g/mol. The van der Waals surface area contributed by atoms with E-state index in [0.29, 0.717) is 17.0 Å². The normalized spacial score (nSPS) is 11.4. The van der Waals surface area contributed by atoms with Crippen LogP contribution in [0.25, 0.3) is 0 Å². The molecule has 0 amide bonds. The van der Waals surface area contributed by atoms with Crippen molar-refractivity contribution in [1.82, 2.24) is 9.97 Å². The molecule has 0 aliphatic carbocycles. The Labute approximate surface area is 125 Å². The van der Waals surface area contributed by atoms with Crippen LogP contribution < -0.4 is 4.72 Å². The summed E-state index contributed by atoms with van der Waals surface area (Å²) in [6.45, 7) is 4.97. The van der Waals surface area contributed by atoms with Crippen molar-refractivity contribution in [2.45, 2.75) is 25.7 Å². The molecule has 0 bridgehead atoms. The van der Waals surface area contributed by atoms with Gasteiger partial charge < -0.3 is 5.11 Å². The maximum Gasteiger partial charge on any atom is 0.347 e. The predicted molar refractivity (Wildman–Crippen MR) is 78.3 cm³/mol. The number of aryl methyl sites for hydroxylation is 3. The molecule has 2 N–H and O–H groups in total. The number of hydrogen-bond donors (Lipinski definition) is 2. The molecule has 0 unspecified atom stereocenters. The number of anilines is 1. The maximum atomic E-state index is 12.4. The Hall–Kier alpha value is -2.00. The molecule has 0 spiro atoms. The van der Waals surface area contributed by atoms with Crippen molar-refractivity contribution in [1.29, 1.82) is 0 Å². The average molecular weight is 327 g/mol. The van der Waals surface area contributed by atoms with E-state index in [1.54, 1.807) is 26.8 Å². The summed E-state index contributed by atoms with van der Waals surface area (Å²) in [6, 6.07) is 1.70. The summed E-state index contributed by atoms with van der Waals surface area (Å²) < 4.78 is 27.0. The fraction of sp³-hybridized carbons (Fsp3) is 0.250. The Bertz CT molecular complexity index is 792. The summed E-state index contributed by atoms with van der Waals surface area (Å²) in [6.07, 6.45) is 0. The average Bonchev–Trinajstić information content (AvgIpc) is 2.69. The Kier molecular flexibility index (Phi) is 3.97. The zero-order valence-corrected chi connectivity index (χ0v) is 13.2. The van der Waals surface area contributed by atoms with Crippen LogP contribution in [-0.2, 0) is 10.0 Å². The second kappa shape index (κ2) is 5.41. The third kappa shape index (κ3) is 3.19. The Morgan fingerprint density at radius 1 is 1.24 bits per heavy atom. The summed E-state index contributed by atoms with van der Waals surface area (Å²) in [5, 5.41) is 10.6. The number of rotatable bonds is 4. The van der Waals surface area contributed by atoms with Gasteiger partial charge in [0, 0.05) is 11.4 Å². The lowest BCUT2D eigenvalue weighted by Crippen LogP contribution is -2.18. The molecule has 2 heterocycles. The topological polar surface area (TPSA) is 109 Å². The largest absolute Gasteiger partial charge is 0.477 e. The lowest BCUT2D eigenvalue weighted by Gasteiger charge is -2.08. The van der Waals surface area contributed by atoms with Gasteiger partial charge in [-0.3, -0.25) is 0 Å². The van der Waals surface area contributed by atoms with Crippen LogP contribution in [0, 0.1) is 20.8 Å². The third-order valence-electron chi connectivity index (χ3n) is 2.59. The van der Waals surface area contributed by atoms with Gasteiger partial charge in [-0.1, -0.05) is 0 Å². The van der Waals surface area contributed by atoms with E-state index in [2.05, 4.69) is 14.7 Å². The minimum absolute atomic E-state index is 0.0746. The van der Waals surface area contributed by atoms with Crippen LogP contribution >= 0.6 is 11.3 Å². The Morgan fingerprint density at radius 3 is 2.33 bits per heavy atom. The summed E-state index contributed by atoms with van der Waals surface area (Å²) in [4.78, 5) is 18.6. The van der Waals surface area contributed by atoms with Gasteiger partial charge in [0.2, 0.25) is 5.95 Å². The minimum atomic E-state index is -4.06. The molecular formula is C12H13N3O4S2. The summed E-state index contributed by atoms with van der Waals surface area (Å²) in [5.41, 5.74) is 1.59. The van der Waals surface area contributed by atoms with Crippen LogP contribution in [-0.4, -0.2) is 29.5 Å². The third-order valence-corrected chi connectivity index (χ3v) is 5.32. The number of nitrogens with one attached hydrogen (secondary N) is 1. The van der Waals surface area contributed by atoms with Crippen molar-refractivity contribution >= 4 is 33.3 Å². The molecular weight excluding hydrogens is 314 g/mol. The standard InChI is InChI=1S/C12H13N3O4S2/c1-6-5-20-9(11(16)17)10(6)21(18,19)15-12-13-7(2)4-8(3)14-12/h4-5H,1-3H3,(H,16,17)(H,13,14,15). The summed E-state index contributed by atoms with van der Waals surface area (Å²) >= 11 is 0.868. The molecule has 0 aliphatic rings.